The van der Waals surface area contributed by atoms with E-state index < -0.39 is 24.5 Å². The summed E-state index contributed by atoms with van der Waals surface area (Å²) in [5.74, 6) is -1.58. The highest BCUT2D eigenvalue weighted by Crippen LogP contribution is 2.35. The standard InChI is InChI=1S/C14H13ClN2O6/c1-22-10-5-8(15)3-7(12(10)19)4-9-13(20)17(14(21)16-9)6-11(18)23-2/h3-5,19H,6H2,1-2H3,(H,16,21). The van der Waals surface area contributed by atoms with Crippen LogP contribution in [0.2, 0.25) is 5.02 Å². The molecule has 1 aromatic carbocycles. The summed E-state index contributed by atoms with van der Waals surface area (Å²) in [5.41, 5.74) is 0.0661. The molecule has 0 aromatic heterocycles. The Labute approximate surface area is 136 Å². The number of methoxy groups -OCH3 is 2. The van der Waals surface area contributed by atoms with Crippen LogP contribution >= 0.6 is 11.6 Å². The van der Waals surface area contributed by atoms with Gasteiger partial charge in [-0.05, 0) is 12.1 Å². The summed E-state index contributed by atoms with van der Waals surface area (Å²) in [6.07, 6.45) is 1.24. The maximum Gasteiger partial charge on any atom is 0.329 e. The van der Waals surface area contributed by atoms with Gasteiger partial charge in [0.2, 0.25) is 0 Å². The Kier molecular flexibility index (Phi) is 4.75. The van der Waals surface area contributed by atoms with Crippen molar-refractivity contribution in [2.75, 3.05) is 20.8 Å². The summed E-state index contributed by atoms with van der Waals surface area (Å²) in [4.78, 5) is 35.8. The SMILES string of the molecule is COC(=O)CN1C(=O)NC(=Cc2cc(Cl)cc(OC)c2O)C1=O. The summed E-state index contributed by atoms with van der Waals surface area (Å²) in [7, 11) is 2.50. The van der Waals surface area contributed by atoms with Gasteiger partial charge in [0.05, 0.1) is 14.2 Å². The molecule has 8 nitrogen and oxygen atoms in total. The largest absolute Gasteiger partial charge is 0.504 e. The molecule has 0 saturated carbocycles. The van der Waals surface area contributed by atoms with E-state index in [2.05, 4.69) is 10.1 Å². The fourth-order valence-electron chi connectivity index (χ4n) is 1.92. The molecule has 1 heterocycles. The van der Waals surface area contributed by atoms with Crippen molar-refractivity contribution in [3.8, 4) is 11.5 Å². The van der Waals surface area contributed by atoms with Crippen molar-refractivity contribution >= 4 is 35.6 Å². The van der Waals surface area contributed by atoms with E-state index in [0.717, 1.165) is 7.11 Å². The summed E-state index contributed by atoms with van der Waals surface area (Å²) < 4.78 is 9.38. The number of ether oxygens (including phenoxy) is 2. The minimum Gasteiger partial charge on any atom is -0.504 e. The summed E-state index contributed by atoms with van der Waals surface area (Å²) in [6, 6.07) is 2.03. The van der Waals surface area contributed by atoms with E-state index in [1.165, 1.54) is 25.3 Å². The fourth-order valence-corrected chi connectivity index (χ4v) is 2.14. The van der Waals surface area contributed by atoms with Gasteiger partial charge in [0.1, 0.15) is 12.2 Å². The van der Waals surface area contributed by atoms with Crippen molar-refractivity contribution in [2.24, 2.45) is 0 Å². The van der Waals surface area contributed by atoms with Gasteiger partial charge in [-0.3, -0.25) is 9.59 Å². The van der Waals surface area contributed by atoms with Crippen LogP contribution in [0.1, 0.15) is 5.56 Å². The maximum absolute atomic E-state index is 12.1. The Morgan fingerprint density at radius 2 is 2.09 bits per heavy atom. The number of nitrogens with one attached hydrogen (secondary N) is 1. The molecule has 1 saturated heterocycles. The number of hydrogen-bond acceptors (Lipinski definition) is 6. The number of carbonyl (C=O) groups excluding carboxylic acids is 3. The Morgan fingerprint density at radius 3 is 2.70 bits per heavy atom. The molecule has 0 unspecified atom stereocenters. The van der Waals surface area contributed by atoms with Crippen LogP contribution in [-0.4, -0.2) is 48.7 Å². The average molecular weight is 341 g/mol. The molecule has 0 aliphatic carbocycles. The number of benzene rings is 1. The molecule has 1 aliphatic heterocycles. The smallest absolute Gasteiger partial charge is 0.329 e. The van der Waals surface area contributed by atoms with Crippen LogP contribution in [0, 0.1) is 0 Å². The van der Waals surface area contributed by atoms with Gasteiger partial charge in [0.15, 0.2) is 11.5 Å². The van der Waals surface area contributed by atoms with Crippen LogP contribution in [0.15, 0.2) is 17.8 Å². The van der Waals surface area contributed by atoms with E-state index in [1.807, 2.05) is 0 Å². The van der Waals surface area contributed by atoms with Gasteiger partial charge >= 0.3 is 12.0 Å². The topological polar surface area (TPSA) is 105 Å². The monoisotopic (exact) mass is 340 g/mol. The zero-order chi connectivity index (χ0) is 17.1. The number of imide groups is 1. The summed E-state index contributed by atoms with van der Waals surface area (Å²) in [6.45, 7) is -0.511. The van der Waals surface area contributed by atoms with Crippen molar-refractivity contribution in [3.05, 3.63) is 28.4 Å². The van der Waals surface area contributed by atoms with Gasteiger partial charge in [-0.2, -0.15) is 0 Å². The minimum absolute atomic E-state index is 0.112. The minimum atomic E-state index is -0.764. The molecule has 0 spiro atoms. The van der Waals surface area contributed by atoms with Crippen LogP contribution in [0.25, 0.3) is 6.08 Å². The van der Waals surface area contributed by atoms with E-state index in [-0.39, 0.29) is 27.8 Å². The molecule has 2 N–H and O–H groups in total. The first kappa shape index (κ1) is 16.6. The van der Waals surface area contributed by atoms with Crippen molar-refractivity contribution < 1.29 is 29.0 Å². The molecular weight excluding hydrogens is 328 g/mol. The van der Waals surface area contributed by atoms with Crippen LogP contribution in [0.5, 0.6) is 11.5 Å². The molecule has 3 amide bonds. The average Bonchev–Trinajstić information content (AvgIpc) is 2.77. The Hall–Kier alpha value is -2.74. The number of nitrogens with zero attached hydrogens (tertiary/aromatic N) is 1. The number of amides is 3. The normalized spacial score (nSPS) is 15.8. The van der Waals surface area contributed by atoms with Crippen LogP contribution in [-0.2, 0) is 14.3 Å². The second-order valence-corrected chi connectivity index (χ2v) is 4.94. The molecule has 2 rings (SSSR count). The number of esters is 1. The van der Waals surface area contributed by atoms with Crippen molar-refractivity contribution in [2.45, 2.75) is 0 Å². The molecule has 1 aromatic rings. The van der Waals surface area contributed by atoms with Gasteiger partial charge in [0, 0.05) is 16.7 Å². The summed E-state index contributed by atoms with van der Waals surface area (Å²) in [5, 5.41) is 12.6. The Morgan fingerprint density at radius 1 is 1.39 bits per heavy atom. The lowest BCUT2D eigenvalue weighted by atomic mass is 10.1. The molecule has 0 atom stereocenters. The molecule has 1 aliphatic rings. The highest BCUT2D eigenvalue weighted by Gasteiger charge is 2.35. The highest BCUT2D eigenvalue weighted by atomic mass is 35.5. The van der Waals surface area contributed by atoms with Crippen LogP contribution < -0.4 is 10.1 Å². The number of urea groups is 1. The number of phenolic OH excluding ortho intramolecular Hbond substituents is 1. The van der Waals surface area contributed by atoms with E-state index >= 15 is 0 Å². The summed E-state index contributed by atoms with van der Waals surface area (Å²) >= 11 is 5.90. The first-order chi connectivity index (χ1) is 10.9. The zero-order valence-electron chi connectivity index (χ0n) is 12.3. The third-order valence-corrected chi connectivity index (χ3v) is 3.28. The third-order valence-electron chi connectivity index (χ3n) is 3.07. The molecule has 1 fully saturated rings. The molecule has 9 heteroatoms. The molecule has 0 radical (unpaired) electrons. The van der Waals surface area contributed by atoms with Gasteiger partial charge in [-0.15, -0.1) is 0 Å². The van der Waals surface area contributed by atoms with E-state index in [0.29, 0.717) is 4.90 Å². The van der Waals surface area contributed by atoms with E-state index in [9.17, 15) is 19.5 Å². The Bertz CT molecular complexity index is 715. The first-order valence-corrected chi connectivity index (χ1v) is 6.73. The van der Waals surface area contributed by atoms with Gasteiger partial charge in [-0.25, -0.2) is 9.69 Å². The number of rotatable bonds is 4. The van der Waals surface area contributed by atoms with Gasteiger partial charge in [-0.1, -0.05) is 11.6 Å². The fraction of sp³-hybridized carbons (Fsp3) is 0.214. The van der Waals surface area contributed by atoms with Gasteiger partial charge in [0.25, 0.3) is 5.91 Å². The molecule has 122 valence electrons. The lowest BCUT2D eigenvalue weighted by Crippen LogP contribution is -2.36. The number of halogens is 1. The van der Waals surface area contributed by atoms with Gasteiger partial charge < -0.3 is 19.9 Å². The second kappa shape index (κ2) is 6.57. The predicted molar refractivity (Wildman–Crippen MR) is 79.9 cm³/mol. The zero-order valence-corrected chi connectivity index (χ0v) is 13.0. The van der Waals surface area contributed by atoms with E-state index in [4.69, 9.17) is 16.3 Å². The highest BCUT2D eigenvalue weighted by molar-refractivity contribution is 6.31. The predicted octanol–water partition coefficient (Wildman–Crippen LogP) is 1.12. The number of carbonyl (C=O) groups is 3. The van der Waals surface area contributed by atoms with E-state index in [1.54, 1.807) is 0 Å². The van der Waals surface area contributed by atoms with Crippen molar-refractivity contribution in [1.29, 1.82) is 0 Å². The lowest BCUT2D eigenvalue weighted by molar-refractivity contribution is -0.143. The quantitative estimate of drug-likeness (QED) is 0.483. The van der Waals surface area contributed by atoms with Crippen molar-refractivity contribution in [1.82, 2.24) is 10.2 Å². The lowest BCUT2D eigenvalue weighted by Gasteiger charge is -2.09. The first-order valence-electron chi connectivity index (χ1n) is 6.35. The molecular formula is C14H13ClN2O6. The number of hydrogen-bond donors (Lipinski definition) is 2. The second-order valence-electron chi connectivity index (χ2n) is 4.50. The number of phenols is 1. The van der Waals surface area contributed by atoms with Crippen LogP contribution in [0.3, 0.4) is 0 Å². The third kappa shape index (κ3) is 3.37. The molecule has 23 heavy (non-hydrogen) atoms. The Balaban J connectivity index is 2.34. The van der Waals surface area contributed by atoms with Crippen molar-refractivity contribution in [3.63, 3.8) is 0 Å². The number of aromatic hydroxyl groups is 1. The maximum atomic E-state index is 12.1. The molecule has 0 bridgehead atoms. The van der Waals surface area contributed by atoms with Crippen LogP contribution in [0.4, 0.5) is 4.79 Å².